The first-order chi connectivity index (χ1) is 14.0. The number of allylic oxidation sites excluding steroid dienone is 2. The second-order valence-corrected chi connectivity index (χ2v) is 8.90. The van der Waals surface area contributed by atoms with Crippen LogP contribution >= 0.6 is 23.2 Å². The van der Waals surface area contributed by atoms with E-state index in [0.29, 0.717) is 33.3 Å². The summed E-state index contributed by atoms with van der Waals surface area (Å²) < 4.78 is 5.89. The lowest BCUT2D eigenvalue weighted by atomic mass is 9.71. The predicted molar refractivity (Wildman–Crippen MR) is 114 cm³/mol. The molecule has 2 atom stereocenters. The van der Waals surface area contributed by atoms with Crippen molar-refractivity contribution in [1.82, 2.24) is 5.32 Å². The van der Waals surface area contributed by atoms with Gasteiger partial charge in [0.05, 0.1) is 10.0 Å². The van der Waals surface area contributed by atoms with Gasteiger partial charge in [-0.2, -0.15) is 0 Å². The lowest BCUT2D eigenvalue weighted by molar-refractivity contribution is -0.155. The molecule has 1 fully saturated rings. The van der Waals surface area contributed by atoms with E-state index >= 15 is 0 Å². The summed E-state index contributed by atoms with van der Waals surface area (Å²) in [6.45, 7) is 4.12. The fourth-order valence-corrected chi connectivity index (χ4v) is 5.21. The van der Waals surface area contributed by atoms with E-state index in [1.165, 1.54) is 6.42 Å². The summed E-state index contributed by atoms with van der Waals surface area (Å²) in [5, 5.41) is 4.01. The maximum Gasteiger partial charge on any atom is 0.316 e. The summed E-state index contributed by atoms with van der Waals surface area (Å²) in [7, 11) is 0. The van der Waals surface area contributed by atoms with Crippen LogP contribution in [0.2, 0.25) is 10.0 Å². The Hall–Kier alpha value is -1.78. The summed E-state index contributed by atoms with van der Waals surface area (Å²) in [5.74, 6) is -1.55. The first kappa shape index (κ1) is 20.5. The standard InChI is InChI=1S/C23H25Cl2NO3/c1-13-19(23(28)29-14-7-3-2-4-8-14)20(15-9-5-10-16(24)22(15)25)21-17(26-13)11-6-12-18(21)27/h5,9-10,14,19-20,26H,1-4,6-8,11-12H2. The molecular formula is C23H25Cl2NO3. The number of nitrogens with one attached hydrogen (secondary N) is 1. The molecular weight excluding hydrogens is 409 g/mol. The van der Waals surface area contributed by atoms with Gasteiger partial charge in [-0.3, -0.25) is 9.59 Å². The number of halogens is 2. The van der Waals surface area contributed by atoms with Gasteiger partial charge in [-0.25, -0.2) is 0 Å². The minimum Gasteiger partial charge on any atom is -0.462 e. The number of ketones is 1. The highest BCUT2D eigenvalue weighted by Crippen LogP contribution is 2.47. The number of benzene rings is 1. The average molecular weight is 434 g/mol. The number of rotatable bonds is 3. The fraction of sp³-hybridized carbons (Fsp3) is 0.478. The van der Waals surface area contributed by atoms with Crippen LogP contribution in [0.25, 0.3) is 0 Å². The Kier molecular flexibility index (Phi) is 6.03. The van der Waals surface area contributed by atoms with Crippen LogP contribution < -0.4 is 5.32 Å². The monoisotopic (exact) mass is 433 g/mol. The van der Waals surface area contributed by atoms with Gasteiger partial charge in [-0.15, -0.1) is 0 Å². The Bertz CT molecular complexity index is 886. The van der Waals surface area contributed by atoms with Crippen molar-refractivity contribution in [3.05, 3.63) is 57.4 Å². The molecule has 1 N–H and O–H groups in total. The molecule has 3 aliphatic rings. The number of carbonyl (C=O) groups excluding carboxylic acids is 2. The molecule has 1 aromatic rings. The number of esters is 1. The molecule has 0 radical (unpaired) electrons. The lowest BCUT2D eigenvalue weighted by Crippen LogP contribution is -2.42. The first-order valence-corrected chi connectivity index (χ1v) is 11.1. The first-order valence-electron chi connectivity index (χ1n) is 10.3. The van der Waals surface area contributed by atoms with E-state index in [1.807, 2.05) is 6.07 Å². The van der Waals surface area contributed by atoms with Gasteiger partial charge in [0.1, 0.15) is 12.0 Å². The van der Waals surface area contributed by atoms with Gasteiger partial charge in [0, 0.05) is 29.3 Å². The Labute approximate surface area is 181 Å². The van der Waals surface area contributed by atoms with Crippen molar-refractivity contribution in [3.8, 4) is 0 Å². The zero-order valence-electron chi connectivity index (χ0n) is 16.3. The molecule has 2 aliphatic carbocycles. The number of Topliss-reactive ketones (excluding diaryl/α,β-unsaturated/α-hetero) is 1. The summed E-state index contributed by atoms with van der Waals surface area (Å²) >= 11 is 12.8. The zero-order valence-corrected chi connectivity index (χ0v) is 17.8. The fourth-order valence-electron chi connectivity index (χ4n) is 4.79. The van der Waals surface area contributed by atoms with Gasteiger partial charge in [0.25, 0.3) is 0 Å². The zero-order chi connectivity index (χ0) is 20.5. The molecule has 6 heteroatoms. The Morgan fingerprint density at radius 1 is 1.10 bits per heavy atom. The van der Waals surface area contributed by atoms with Crippen molar-refractivity contribution in [2.24, 2.45) is 5.92 Å². The molecule has 0 saturated heterocycles. The van der Waals surface area contributed by atoms with E-state index < -0.39 is 11.8 Å². The van der Waals surface area contributed by atoms with Crippen molar-refractivity contribution in [2.75, 3.05) is 0 Å². The molecule has 4 rings (SSSR count). The molecule has 0 aromatic heterocycles. The SMILES string of the molecule is C=C1NC2=C(C(=O)CCC2)C(c2cccc(Cl)c2Cl)C1C(=O)OC1CCCCC1. The molecule has 29 heavy (non-hydrogen) atoms. The maximum atomic E-state index is 13.3. The van der Waals surface area contributed by atoms with Crippen LogP contribution in [0.15, 0.2) is 41.7 Å². The van der Waals surface area contributed by atoms with Crippen LogP contribution in [0.4, 0.5) is 0 Å². The van der Waals surface area contributed by atoms with Crippen molar-refractivity contribution >= 4 is 35.0 Å². The van der Waals surface area contributed by atoms with E-state index in [4.69, 9.17) is 27.9 Å². The molecule has 1 heterocycles. The molecule has 0 amide bonds. The smallest absolute Gasteiger partial charge is 0.316 e. The van der Waals surface area contributed by atoms with Gasteiger partial charge >= 0.3 is 5.97 Å². The van der Waals surface area contributed by atoms with Crippen LogP contribution in [0.3, 0.4) is 0 Å². The van der Waals surface area contributed by atoms with E-state index in [1.54, 1.807) is 12.1 Å². The number of hydrogen-bond donors (Lipinski definition) is 1. The van der Waals surface area contributed by atoms with E-state index in [0.717, 1.165) is 44.2 Å². The highest BCUT2D eigenvalue weighted by Gasteiger charge is 2.45. The average Bonchev–Trinajstić information content (AvgIpc) is 2.70. The molecule has 4 nitrogen and oxygen atoms in total. The number of hydrogen-bond acceptors (Lipinski definition) is 4. The van der Waals surface area contributed by atoms with Gasteiger partial charge in [0.15, 0.2) is 5.78 Å². The molecule has 0 bridgehead atoms. The van der Waals surface area contributed by atoms with E-state index in [2.05, 4.69) is 11.9 Å². The van der Waals surface area contributed by atoms with Crippen LogP contribution in [0.1, 0.15) is 62.8 Å². The second kappa shape index (κ2) is 8.53. The molecule has 1 aliphatic heterocycles. The minimum atomic E-state index is -0.714. The quantitative estimate of drug-likeness (QED) is 0.621. The Morgan fingerprint density at radius 2 is 1.86 bits per heavy atom. The largest absolute Gasteiger partial charge is 0.462 e. The van der Waals surface area contributed by atoms with Gasteiger partial charge in [-0.05, 0) is 50.2 Å². The summed E-state index contributed by atoms with van der Waals surface area (Å²) in [6.07, 6.45) is 7.00. The van der Waals surface area contributed by atoms with E-state index in [9.17, 15) is 9.59 Å². The van der Waals surface area contributed by atoms with E-state index in [-0.39, 0.29) is 17.9 Å². The van der Waals surface area contributed by atoms with Crippen LogP contribution in [-0.2, 0) is 14.3 Å². The van der Waals surface area contributed by atoms with Crippen molar-refractivity contribution < 1.29 is 14.3 Å². The highest BCUT2D eigenvalue weighted by molar-refractivity contribution is 6.42. The van der Waals surface area contributed by atoms with Crippen molar-refractivity contribution in [2.45, 2.75) is 63.4 Å². The Morgan fingerprint density at radius 3 is 2.62 bits per heavy atom. The van der Waals surface area contributed by atoms with Gasteiger partial charge in [0.2, 0.25) is 0 Å². The number of ether oxygens (including phenoxy) is 1. The summed E-state index contributed by atoms with van der Waals surface area (Å²) in [6, 6.07) is 5.34. The molecule has 2 unspecified atom stereocenters. The maximum absolute atomic E-state index is 13.3. The third kappa shape index (κ3) is 3.97. The van der Waals surface area contributed by atoms with Gasteiger partial charge in [-0.1, -0.05) is 48.3 Å². The molecule has 154 valence electrons. The molecule has 1 aromatic carbocycles. The minimum absolute atomic E-state index is 0.0442. The Balaban J connectivity index is 1.76. The van der Waals surface area contributed by atoms with Crippen molar-refractivity contribution in [1.29, 1.82) is 0 Å². The van der Waals surface area contributed by atoms with Crippen LogP contribution in [0, 0.1) is 5.92 Å². The molecule has 0 spiro atoms. The second-order valence-electron chi connectivity index (χ2n) is 8.11. The number of carbonyl (C=O) groups is 2. The lowest BCUT2D eigenvalue weighted by Gasteiger charge is -2.39. The molecule has 1 saturated carbocycles. The normalized spacial score (nSPS) is 25.4. The summed E-state index contributed by atoms with van der Waals surface area (Å²) in [4.78, 5) is 26.2. The predicted octanol–water partition coefficient (Wildman–Crippen LogP) is 5.69. The topological polar surface area (TPSA) is 55.4 Å². The van der Waals surface area contributed by atoms with Gasteiger partial charge < -0.3 is 10.1 Å². The third-order valence-corrected chi connectivity index (χ3v) is 7.03. The third-order valence-electron chi connectivity index (χ3n) is 6.19. The van der Waals surface area contributed by atoms with Crippen LogP contribution in [0.5, 0.6) is 0 Å². The van der Waals surface area contributed by atoms with Crippen molar-refractivity contribution in [3.63, 3.8) is 0 Å². The summed E-state index contributed by atoms with van der Waals surface area (Å²) in [5.41, 5.74) is 2.70. The van der Waals surface area contributed by atoms with Crippen LogP contribution in [-0.4, -0.2) is 17.9 Å². The highest BCUT2D eigenvalue weighted by atomic mass is 35.5.